The summed E-state index contributed by atoms with van der Waals surface area (Å²) in [5.74, 6) is 0.475. The number of rotatable bonds is 4. The molecule has 1 heterocycles. The lowest BCUT2D eigenvalue weighted by atomic mass is 10.0. The Morgan fingerprint density at radius 1 is 1.11 bits per heavy atom. The first-order valence-corrected chi connectivity index (χ1v) is 9.03. The number of carbonyl (C=O) groups excluding carboxylic acids is 1. The molecule has 3 rings (SSSR count). The summed E-state index contributed by atoms with van der Waals surface area (Å²) in [5, 5.41) is 3.00. The van der Waals surface area contributed by atoms with Crippen molar-refractivity contribution >= 4 is 5.91 Å². The number of benzene rings is 2. The molecule has 0 bridgehead atoms. The van der Waals surface area contributed by atoms with E-state index in [0.717, 1.165) is 29.1 Å². The van der Waals surface area contributed by atoms with E-state index >= 15 is 0 Å². The van der Waals surface area contributed by atoms with Crippen LogP contribution in [0.25, 0.3) is 16.8 Å². The van der Waals surface area contributed by atoms with Gasteiger partial charge in [-0.25, -0.2) is 9.37 Å². The summed E-state index contributed by atoms with van der Waals surface area (Å²) in [5.41, 5.74) is 2.76. The molecule has 0 atom stereocenters. The van der Waals surface area contributed by atoms with E-state index in [1.54, 1.807) is 18.3 Å². The molecule has 2 aromatic carbocycles. The Morgan fingerprint density at radius 3 is 2.44 bits per heavy atom. The molecule has 0 saturated heterocycles. The second-order valence-corrected chi connectivity index (χ2v) is 7.55. The van der Waals surface area contributed by atoms with Gasteiger partial charge < -0.3 is 9.88 Å². The lowest BCUT2D eigenvalue weighted by Gasteiger charge is -2.21. The maximum absolute atomic E-state index is 13.3. The van der Waals surface area contributed by atoms with E-state index in [2.05, 4.69) is 10.3 Å². The minimum atomic E-state index is -0.341. The van der Waals surface area contributed by atoms with Gasteiger partial charge >= 0.3 is 0 Å². The Balaban J connectivity index is 2.13. The molecule has 1 N–H and O–H groups in total. The molecule has 4 nitrogen and oxygen atoms in total. The van der Waals surface area contributed by atoms with Crippen LogP contribution in [0.3, 0.4) is 0 Å². The van der Waals surface area contributed by atoms with Gasteiger partial charge in [0.2, 0.25) is 0 Å². The van der Waals surface area contributed by atoms with E-state index < -0.39 is 0 Å². The highest BCUT2D eigenvalue weighted by Crippen LogP contribution is 2.26. The van der Waals surface area contributed by atoms with Gasteiger partial charge in [0, 0.05) is 35.6 Å². The quantitative estimate of drug-likeness (QED) is 0.724. The number of nitrogens with one attached hydrogen (secondary N) is 1. The molecule has 1 amide bonds. The molecule has 0 aliphatic heterocycles. The second kappa shape index (κ2) is 7.35. The number of hydrogen-bond acceptors (Lipinski definition) is 2. The molecule has 0 radical (unpaired) electrons. The summed E-state index contributed by atoms with van der Waals surface area (Å²) in [4.78, 5) is 17.2. The van der Waals surface area contributed by atoms with Crippen LogP contribution in [0.1, 0.15) is 43.9 Å². The van der Waals surface area contributed by atoms with Crippen molar-refractivity contribution in [3.63, 3.8) is 0 Å². The monoisotopic (exact) mass is 365 g/mol. The summed E-state index contributed by atoms with van der Waals surface area (Å²) in [6, 6.07) is 12.0. The molecular formula is C22H24FN3O. The Morgan fingerprint density at radius 2 is 1.81 bits per heavy atom. The molecule has 27 heavy (non-hydrogen) atoms. The third kappa shape index (κ3) is 4.42. The van der Waals surface area contributed by atoms with Gasteiger partial charge in [-0.05, 0) is 62.2 Å². The third-order valence-corrected chi connectivity index (χ3v) is 4.16. The van der Waals surface area contributed by atoms with Crippen LogP contribution in [-0.2, 0) is 6.42 Å². The van der Waals surface area contributed by atoms with E-state index in [4.69, 9.17) is 0 Å². The van der Waals surface area contributed by atoms with Crippen LogP contribution in [0.4, 0.5) is 4.39 Å². The van der Waals surface area contributed by atoms with Crippen molar-refractivity contribution in [2.45, 2.75) is 39.7 Å². The predicted molar refractivity (Wildman–Crippen MR) is 106 cm³/mol. The van der Waals surface area contributed by atoms with Crippen molar-refractivity contribution in [3.05, 3.63) is 72.1 Å². The first-order valence-electron chi connectivity index (χ1n) is 9.03. The number of halogens is 1. The summed E-state index contributed by atoms with van der Waals surface area (Å²) >= 11 is 0. The molecule has 1 aromatic heterocycles. The number of aromatic nitrogens is 2. The normalized spacial score (nSPS) is 11.4. The maximum Gasteiger partial charge on any atom is 0.251 e. The lowest BCUT2D eigenvalue weighted by molar-refractivity contribution is 0.0919. The highest BCUT2D eigenvalue weighted by molar-refractivity contribution is 5.96. The van der Waals surface area contributed by atoms with Gasteiger partial charge in [-0.3, -0.25) is 4.79 Å². The zero-order chi connectivity index (χ0) is 19.6. The van der Waals surface area contributed by atoms with Crippen molar-refractivity contribution in [3.8, 4) is 16.8 Å². The zero-order valence-electron chi connectivity index (χ0n) is 16.1. The van der Waals surface area contributed by atoms with E-state index in [-0.39, 0.29) is 17.3 Å². The van der Waals surface area contributed by atoms with Crippen molar-refractivity contribution in [1.29, 1.82) is 0 Å². The predicted octanol–water partition coefficient (Wildman–Crippen LogP) is 4.77. The van der Waals surface area contributed by atoms with E-state index in [1.165, 1.54) is 12.1 Å². The highest BCUT2D eigenvalue weighted by atomic mass is 19.1. The van der Waals surface area contributed by atoms with Gasteiger partial charge in [-0.2, -0.15) is 0 Å². The van der Waals surface area contributed by atoms with Crippen molar-refractivity contribution in [1.82, 2.24) is 14.9 Å². The first-order chi connectivity index (χ1) is 12.8. The molecular weight excluding hydrogens is 341 g/mol. The number of amides is 1. The summed E-state index contributed by atoms with van der Waals surface area (Å²) in [6.45, 7) is 7.87. The van der Waals surface area contributed by atoms with Gasteiger partial charge in [0.1, 0.15) is 11.6 Å². The number of carbonyl (C=O) groups is 1. The van der Waals surface area contributed by atoms with Gasteiger partial charge in [0.15, 0.2) is 0 Å². The average molecular weight is 365 g/mol. The SMILES string of the molecule is CCc1nccn1-c1cc(C(=O)NC(C)(C)C)cc(-c2ccc(F)cc2)c1. The summed E-state index contributed by atoms with van der Waals surface area (Å²) < 4.78 is 15.3. The van der Waals surface area contributed by atoms with Crippen LogP contribution < -0.4 is 5.32 Å². The molecule has 0 aliphatic rings. The molecule has 140 valence electrons. The Labute approximate surface area is 159 Å². The number of aryl methyl sites for hydroxylation is 1. The summed E-state index contributed by atoms with van der Waals surface area (Å²) in [6.07, 6.45) is 4.41. The molecule has 3 aromatic rings. The van der Waals surface area contributed by atoms with Gasteiger partial charge in [0.05, 0.1) is 0 Å². The van der Waals surface area contributed by atoms with Crippen LogP contribution in [0.5, 0.6) is 0 Å². The average Bonchev–Trinajstić information content (AvgIpc) is 3.09. The van der Waals surface area contributed by atoms with E-state index in [0.29, 0.717) is 5.56 Å². The molecule has 5 heteroatoms. The van der Waals surface area contributed by atoms with E-state index in [9.17, 15) is 9.18 Å². The Hall–Kier alpha value is -2.95. The molecule has 0 fully saturated rings. The van der Waals surface area contributed by atoms with Crippen LogP contribution in [0, 0.1) is 5.82 Å². The largest absolute Gasteiger partial charge is 0.347 e. The van der Waals surface area contributed by atoms with Crippen molar-refractivity contribution < 1.29 is 9.18 Å². The minimum Gasteiger partial charge on any atom is -0.347 e. The topological polar surface area (TPSA) is 46.9 Å². The number of hydrogen-bond donors (Lipinski definition) is 1. The van der Waals surface area contributed by atoms with E-state index in [1.807, 2.05) is 56.7 Å². The molecule has 0 aliphatic carbocycles. The fourth-order valence-electron chi connectivity index (χ4n) is 2.93. The summed E-state index contributed by atoms with van der Waals surface area (Å²) in [7, 11) is 0. The van der Waals surface area contributed by atoms with Gasteiger partial charge in [-0.1, -0.05) is 19.1 Å². The highest BCUT2D eigenvalue weighted by Gasteiger charge is 2.17. The van der Waals surface area contributed by atoms with Crippen LogP contribution in [-0.4, -0.2) is 21.0 Å². The lowest BCUT2D eigenvalue weighted by Crippen LogP contribution is -2.40. The maximum atomic E-state index is 13.3. The van der Waals surface area contributed by atoms with Crippen LogP contribution in [0.2, 0.25) is 0 Å². The fraction of sp³-hybridized carbons (Fsp3) is 0.273. The first kappa shape index (κ1) is 18.8. The van der Waals surface area contributed by atoms with Crippen LogP contribution in [0.15, 0.2) is 54.9 Å². The molecule has 0 unspecified atom stereocenters. The minimum absolute atomic E-state index is 0.147. The van der Waals surface area contributed by atoms with Crippen molar-refractivity contribution in [2.75, 3.05) is 0 Å². The zero-order valence-corrected chi connectivity index (χ0v) is 16.1. The molecule has 0 saturated carbocycles. The smallest absolute Gasteiger partial charge is 0.251 e. The number of nitrogens with zero attached hydrogens (tertiary/aromatic N) is 2. The number of imidazole rings is 1. The van der Waals surface area contributed by atoms with Gasteiger partial charge in [0.25, 0.3) is 5.91 Å². The van der Waals surface area contributed by atoms with Crippen molar-refractivity contribution in [2.24, 2.45) is 0 Å². The molecule has 0 spiro atoms. The van der Waals surface area contributed by atoms with Gasteiger partial charge in [-0.15, -0.1) is 0 Å². The standard InChI is InChI=1S/C22H24FN3O/c1-5-20-24-10-11-26(20)19-13-16(15-6-8-18(23)9-7-15)12-17(14-19)21(27)25-22(2,3)4/h6-14H,5H2,1-4H3,(H,25,27). The Bertz CT molecular complexity index is 952. The Kier molecular flexibility index (Phi) is 5.13. The fourth-order valence-corrected chi connectivity index (χ4v) is 2.93. The van der Waals surface area contributed by atoms with Crippen LogP contribution >= 0.6 is 0 Å². The third-order valence-electron chi connectivity index (χ3n) is 4.16. The second-order valence-electron chi connectivity index (χ2n) is 7.55.